The summed E-state index contributed by atoms with van der Waals surface area (Å²) in [6.45, 7) is 13.3. The fourth-order valence-corrected chi connectivity index (χ4v) is 4.44. The predicted molar refractivity (Wildman–Crippen MR) is 110 cm³/mol. The van der Waals surface area contributed by atoms with Crippen molar-refractivity contribution < 1.29 is 4.74 Å². The SMILES string of the molecule is CCNC(=NCC1(C)COC1)NCC(c1cccs1)N1CCC(C)CC1. The van der Waals surface area contributed by atoms with Gasteiger partial charge in [-0.05, 0) is 50.2 Å². The highest BCUT2D eigenvalue weighted by Crippen LogP contribution is 2.29. The highest BCUT2D eigenvalue weighted by molar-refractivity contribution is 7.10. The van der Waals surface area contributed by atoms with Crippen molar-refractivity contribution in [3.05, 3.63) is 22.4 Å². The molecule has 0 aromatic carbocycles. The first kappa shape index (κ1) is 19.6. The number of nitrogens with one attached hydrogen (secondary N) is 2. The smallest absolute Gasteiger partial charge is 0.191 e. The molecule has 0 saturated carbocycles. The van der Waals surface area contributed by atoms with Crippen LogP contribution in [0.2, 0.25) is 0 Å². The van der Waals surface area contributed by atoms with Crippen molar-refractivity contribution in [1.29, 1.82) is 0 Å². The van der Waals surface area contributed by atoms with Crippen LogP contribution >= 0.6 is 11.3 Å². The minimum absolute atomic E-state index is 0.207. The number of piperidine rings is 1. The van der Waals surface area contributed by atoms with Crippen molar-refractivity contribution in [1.82, 2.24) is 15.5 Å². The van der Waals surface area contributed by atoms with E-state index in [0.29, 0.717) is 6.04 Å². The van der Waals surface area contributed by atoms with Crippen molar-refractivity contribution in [3.8, 4) is 0 Å². The van der Waals surface area contributed by atoms with Crippen molar-refractivity contribution in [2.45, 2.75) is 39.7 Å². The quantitative estimate of drug-likeness (QED) is 0.565. The van der Waals surface area contributed by atoms with Crippen LogP contribution in [0, 0.1) is 11.3 Å². The first-order chi connectivity index (χ1) is 12.6. The molecule has 0 aliphatic carbocycles. The molecule has 26 heavy (non-hydrogen) atoms. The van der Waals surface area contributed by atoms with E-state index in [-0.39, 0.29) is 5.41 Å². The Morgan fingerprint density at radius 1 is 1.38 bits per heavy atom. The van der Waals surface area contributed by atoms with Gasteiger partial charge >= 0.3 is 0 Å². The normalized spacial score (nSPS) is 22.7. The van der Waals surface area contributed by atoms with Crippen LogP contribution in [0.25, 0.3) is 0 Å². The van der Waals surface area contributed by atoms with Gasteiger partial charge < -0.3 is 15.4 Å². The first-order valence-corrected chi connectivity index (χ1v) is 10.8. The molecule has 5 nitrogen and oxygen atoms in total. The largest absolute Gasteiger partial charge is 0.380 e. The number of aliphatic imine (C=N–C) groups is 1. The maximum Gasteiger partial charge on any atom is 0.191 e. The summed E-state index contributed by atoms with van der Waals surface area (Å²) in [5.41, 5.74) is 0.207. The second-order valence-corrected chi connectivity index (χ2v) is 9.11. The van der Waals surface area contributed by atoms with Gasteiger partial charge in [0.2, 0.25) is 0 Å². The average molecular weight is 379 g/mol. The number of guanidine groups is 1. The zero-order valence-corrected chi connectivity index (χ0v) is 17.3. The number of nitrogens with zero attached hydrogens (tertiary/aromatic N) is 2. The lowest BCUT2D eigenvalue weighted by Crippen LogP contribution is -2.46. The summed E-state index contributed by atoms with van der Waals surface area (Å²) in [7, 11) is 0. The van der Waals surface area contributed by atoms with Gasteiger partial charge in [0.05, 0.1) is 25.8 Å². The third kappa shape index (κ3) is 5.21. The number of likely N-dealkylation sites (tertiary alicyclic amines) is 1. The molecule has 146 valence electrons. The van der Waals surface area contributed by atoms with E-state index in [9.17, 15) is 0 Å². The van der Waals surface area contributed by atoms with Crippen LogP contribution in [-0.4, -0.2) is 56.8 Å². The van der Waals surface area contributed by atoms with Gasteiger partial charge in [-0.3, -0.25) is 9.89 Å². The Hall–Kier alpha value is -1.11. The third-order valence-corrected chi connectivity index (χ3v) is 6.43. The Morgan fingerprint density at radius 2 is 2.15 bits per heavy atom. The second-order valence-electron chi connectivity index (χ2n) is 8.13. The van der Waals surface area contributed by atoms with Gasteiger partial charge in [0.1, 0.15) is 0 Å². The maximum absolute atomic E-state index is 5.35. The van der Waals surface area contributed by atoms with E-state index in [4.69, 9.17) is 9.73 Å². The molecule has 6 heteroatoms. The van der Waals surface area contributed by atoms with Gasteiger partial charge in [0, 0.05) is 23.4 Å². The standard InChI is InChI=1S/C20H34N4OS/c1-4-21-19(23-13-20(3)14-25-15-20)22-12-17(18-6-5-11-26-18)24-9-7-16(2)8-10-24/h5-6,11,16-17H,4,7-10,12-15H2,1-3H3,(H2,21,22,23). The van der Waals surface area contributed by atoms with Crippen LogP contribution in [0.15, 0.2) is 22.5 Å². The molecular weight excluding hydrogens is 344 g/mol. The number of ether oxygens (including phenoxy) is 1. The molecule has 2 aliphatic heterocycles. The minimum Gasteiger partial charge on any atom is -0.380 e. The number of hydrogen-bond donors (Lipinski definition) is 2. The molecule has 3 rings (SSSR count). The average Bonchev–Trinajstić information content (AvgIpc) is 3.14. The Kier molecular flexibility index (Phi) is 6.95. The number of rotatable bonds is 7. The van der Waals surface area contributed by atoms with Gasteiger partial charge in [-0.15, -0.1) is 11.3 Å². The van der Waals surface area contributed by atoms with Crippen molar-refractivity contribution in [2.75, 3.05) is 45.9 Å². The summed E-state index contributed by atoms with van der Waals surface area (Å²) < 4.78 is 5.35. The number of hydrogen-bond acceptors (Lipinski definition) is 4. The van der Waals surface area contributed by atoms with Gasteiger partial charge in [0.25, 0.3) is 0 Å². The van der Waals surface area contributed by atoms with E-state index in [1.807, 2.05) is 11.3 Å². The van der Waals surface area contributed by atoms with Crippen LogP contribution in [0.3, 0.4) is 0 Å². The van der Waals surface area contributed by atoms with E-state index in [1.54, 1.807) is 0 Å². The van der Waals surface area contributed by atoms with Crippen LogP contribution < -0.4 is 10.6 Å². The Bertz CT molecular complexity index is 562. The van der Waals surface area contributed by atoms with Crippen LogP contribution in [0.1, 0.15) is 44.5 Å². The molecule has 1 aromatic heterocycles. The highest BCUT2D eigenvalue weighted by Gasteiger charge is 2.33. The molecular formula is C20H34N4OS. The first-order valence-electron chi connectivity index (χ1n) is 9.97. The van der Waals surface area contributed by atoms with Gasteiger partial charge in [-0.2, -0.15) is 0 Å². The topological polar surface area (TPSA) is 48.9 Å². The summed E-state index contributed by atoms with van der Waals surface area (Å²) in [5.74, 6) is 1.78. The van der Waals surface area contributed by atoms with E-state index in [0.717, 1.165) is 44.7 Å². The van der Waals surface area contributed by atoms with Crippen LogP contribution in [0.5, 0.6) is 0 Å². The summed E-state index contributed by atoms with van der Waals surface area (Å²) in [6, 6.07) is 4.86. The third-order valence-electron chi connectivity index (χ3n) is 5.46. The lowest BCUT2D eigenvalue weighted by atomic mass is 9.89. The molecule has 2 saturated heterocycles. The second kappa shape index (κ2) is 9.20. The Morgan fingerprint density at radius 3 is 2.73 bits per heavy atom. The van der Waals surface area contributed by atoms with E-state index in [1.165, 1.54) is 30.8 Å². The molecule has 2 fully saturated rings. The zero-order valence-electron chi connectivity index (χ0n) is 16.5. The summed E-state index contributed by atoms with van der Waals surface area (Å²) in [6.07, 6.45) is 2.60. The van der Waals surface area contributed by atoms with Gasteiger partial charge in [-0.25, -0.2) is 0 Å². The molecule has 0 amide bonds. The van der Waals surface area contributed by atoms with Crippen molar-refractivity contribution in [2.24, 2.45) is 16.3 Å². The summed E-state index contributed by atoms with van der Waals surface area (Å²) in [5, 5.41) is 9.18. The molecule has 0 radical (unpaired) electrons. The summed E-state index contributed by atoms with van der Waals surface area (Å²) in [4.78, 5) is 8.91. The fraction of sp³-hybridized carbons (Fsp3) is 0.750. The lowest BCUT2D eigenvalue weighted by Gasteiger charge is -2.37. The lowest BCUT2D eigenvalue weighted by molar-refractivity contribution is -0.0945. The highest BCUT2D eigenvalue weighted by atomic mass is 32.1. The minimum atomic E-state index is 0.207. The van der Waals surface area contributed by atoms with Crippen LogP contribution in [0.4, 0.5) is 0 Å². The fourth-order valence-electron chi connectivity index (χ4n) is 3.58. The molecule has 0 spiro atoms. The molecule has 0 bridgehead atoms. The predicted octanol–water partition coefficient (Wildman–Crippen LogP) is 3.11. The molecule has 1 unspecified atom stereocenters. The Balaban J connectivity index is 1.62. The zero-order chi connectivity index (χ0) is 18.4. The monoisotopic (exact) mass is 378 g/mol. The summed E-state index contributed by atoms with van der Waals surface area (Å²) >= 11 is 1.86. The maximum atomic E-state index is 5.35. The molecule has 2 aliphatic rings. The van der Waals surface area contributed by atoms with E-state index >= 15 is 0 Å². The molecule has 2 N–H and O–H groups in total. The van der Waals surface area contributed by atoms with Gasteiger partial charge in [-0.1, -0.05) is 19.9 Å². The molecule has 3 heterocycles. The molecule has 1 atom stereocenters. The van der Waals surface area contributed by atoms with E-state index in [2.05, 4.69) is 53.8 Å². The van der Waals surface area contributed by atoms with Crippen molar-refractivity contribution >= 4 is 17.3 Å². The molecule has 1 aromatic rings. The number of thiophene rings is 1. The van der Waals surface area contributed by atoms with Gasteiger partial charge in [0.15, 0.2) is 5.96 Å². The van der Waals surface area contributed by atoms with Crippen molar-refractivity contribution in [3.63, 3.8) is 0 Å². The van der Waals surface area contributed by atoms with E-state index < -0.39 is 0 Å². The van der Waals surface area contributed by atoms with Crippen LogP contribution in [-0.2, 0) is 4.74 Å². The Labute approximate surface area is 162 Å².